The zero-order chi connectivity index (χ0) is 18.7. The third kappa shape index (κ3) is 4.16. The van der Waals surface area contributed by atoms with E-state index in [0.717, 1.165) is 23.5 Å². The minimum absolute atomic E-state index is 0.0119. The Balaban J connectivity index is 1.65. The molecule has 0 spiro atoms. The fourth-order valence-electron chi connectivity index (χ4n) is 3.12. The van der Waals surface area contributed by atoms with Gasteiger partial charge in [0.2, 0.25) is 5.91 Å². The number of thiophene rings is 1. The number of carbonyl (C=O) groups excluding carboxylic acids is 1. The molecular formula is C17H23N3O3S3. The van der Waals surface area contributed by atoms with Gasteiger partial charge in [-0.05, 0) is 30.7 Å². The molecule has 26 heavy (non-hydrogen) atoms. The number of sulfonamides is 1. The molecule has 2 aromatic heterocycles. The SMILES string of the molecule is CCc1nc(CN(C)C(=O)C2CCCN(S(=O)(=O)c3cccs3)C2)cs1. The van der Waals surface area contributed by atoms with Gasteiger partial charge in [-0.2, -0.15) is 4.31 Å². The van der Waals surface area contributed by atoms with Crippen molar-refractivity contribution in [2.75, 3.05) is 20.1 Å². The Bertz CT molecular complexity index is 846. The van der Waals surface area contributed by atoms with E-state index in [1.807, 2.05) is 5.38 Å². The van der Waals surface area contributed by atoms with Crippen molar-refractivity contribution in [3.05, 3.63) is 33.6 Å². The molecule has 9 heteroatoms. The summed E-state index contributed by atoms with van der Waals surface area (Å²) in [5, 5.41) is 4.80. The van der Waals surface area contributed by atoms with Crippen LogP contribution in [0.2, 0.25) is 0 Å². The Morgan fingerprint density at radius 3 is 2.88 bits per heavy atom. The summed E-state index contributed by atoms with van der Waals surface area (Å²) in [6.07, 6.45) is 2.31. The summed E-state index contributed by atoms with van der Waals surface area (Å²) in [6, 6.07) is 3.35. The van der Waals surface area contributed by atoms with Gasteiger partial charge in [0.1, 0.15) is 4.21 Å². The maximum absolute atomic E-state index is 12.8. The Kier molecular flexibility index (Phi) is 6.11. The van der Waals surface area contributed by atoms with Crippen LogP contribution >= 0.6 is 22.7 Å². The van der Waals surface area contributed by atoms with Crippen LogP contribution in [0.25, 0.3) is 0 Å². The van der Waals surface area contributed by atoms with E-state index in [9.17, 15) is 13.2 Å². The molecular weight excluding hydrogens is 390 g/mol. The van der Waals surface area contributed by atoms with Gasteiger partial charge in [0.25, 0.3) is 10.0 Å². The number of rotatable bonds is 6. The zero-order valence-corrected chi connectivity index (χ0v) is 17.4. The third-order valence-electron chi connectivity index (χ3n) is 4.50. The van der Waals surface area contributed by atoms with Crippen molar-refractivity contribution in [2.24, 2.45) is 5.92 Å². The van der Waals surface area contributed by atoms with E-state index in [1.165, 1.54) is 15.6 Å². The molecule has 1 fully saturated rings. The molecule has 1 saturated heterocycles. The van der Waals surface area contributed by atoms with E-state index in [2.05, 4.69) is 11.9 Å². The number of amides is 1. The second-order valence-corrected chi connectivity index (χ2v) is 10.5. The lowest BCUT2D eigenvalue weighted by Gasteiger charge is -2.32. The highest BCUT2D eigenvalue weighted by atomic mass is 32.2. The highest BCUT2D eigenvalue weighted by molar-refractivity contribution is 7.91. The summed E-state index contributed by atoms with van der Waals surface area (Å²) in [4.78, 5) is 19.0. The largest absolute Gasteiger partial charge is 0.340 e. The molecule has 1 aliphatic heterocycles. The number of hydrogen-bond donors (Lipinski definition) is 0. The first-order valence-corrected chi connectivity index (χ1v) is 11.8. The van der Waals surface area contributed by atoms with Gasteiger partial charge in [-0.3, -0.25) is 4.79 Å². The van der Waals surface area contributed by atoms with Crippen LogP contribution in [0.4, 0.5) is 0 Å². The lowest BCUT2D eigenvalue weighted by Crippen LogP contribution is -2.45. The van der Waals surface area contributed by atoms with E-state index >= 15 is 0 Å². The van der Waals surface area contributed by atoms with Gasteiger partial charge in [0.15, 0.2) is 0 Å². The molecule has 6 nitrogen and oxygen atoms in total. The van der Waals surface area contributed by atoms with E-state index in [-0.39, 0.29) is 18.4 Å². The van der Waals surface area contributed by atoms with Gasteiger partial charge in [0, 0.05) is 25.5 Å². The van der Waals surface area contributed by atoms with Gasteiger partial charge < -0.3 is 4.90 Å². The average molecular weight is 414 g/mol. The standard InChI is InChI=1S/C17H23N3O3S3/c1-3-15-18-14(12-25-15)11-19(2)17(21)13-6-4-8-20(10-13)26(22,23)16-7-5-9-24-16/h5,7,9,12-13H,3-4,6,8,10-11H2,1-2H3. The first kappa shape index (κ1) is 19.5. The number of thiazole rings is 1. The predicted molar refractivity (Wildman–Crippen MR) is 104 cm³/mol. The Hall–Kier alpha value is -1.29. The predicted octanol–water partition coefficient (Wildman–Crippen LogP) is 2.83. The van der Waals surface area contributed by atoms with E-state index in [0.29, 0.717) is 23.7 Å². The molecule has 2 aromatic rings. The quantitative estimate of drug-likeness (QED) is 0.730. The Morgan fingerprint density at radius 2 is 2.23 bits per heavy atom. The molecule has 1 amide bonds. The number of nitrogens with zero attached hydrogens (tertiary/aromatic N) is 3. The number of carbonyl (C=O) groups is 1. The lowest BCUT2D eigenvalue weighted by molar-refractivity contribution is -0.135. The van der Waals surface area contributed by atoms with E-state index < -0.39 is 10.0 Å². The first-order chi connectivity index (χ1) is 12.4. The average Bonchev–Trinajstić information content (AvgIpc) is 3.33. The molecule has 1 unspecified atom stereocenters. The fourth-order valence-corrected chi connectivity index (χ4v) is 6.52. The van der Waals surface area contributed by atoms with Crippen molar-refractivity contribution in [3.63, 3.8) is 0 Å². The van der Waals surface area contributed by atoms with Crippen LogP contribution in [0, 0.1) is 5.92 Å². The summed E-state index contributed by atoms with van der Waals surface area (Å²) < 4.78 is 27.2. The summed E-state index contributed by atoms with van der Waals surface area (Å²) in [5.41, 5.74) is 0.890. The number of piperidine rings is 1. The minimum Gasteiger partial charge on any atom is -0.340 e. The van der Waals surface area contributed by atoms with Crippen LogP contribution in [0.1, 0.15) is 30.5 Å². The van der Waals surface area contributed by atoms with Crippen LogP contribution in [-0.2, 0) is 27.8 Å². The molecule has 0 radical (unpaired) electrons. The van der Waals surface area contributed by atoms with Crippen LogP contribution in [0.5, 0.6) is 0 Å². The number of hydrogen-bond acceptors (Lipinski definition) is 6. The van der Waals surface area contributed by atoms with Gasteiger partial charge >= 0.3 is 0 Å². The highest BCUT2D eigenvalue weighted by Crippen LogP contribution is 2.27. The highest BCUT2D eigenvalue weighted by Gasteiger charge is 2.34. The minimum atomic E-state index is -3.50. The third-order valence-corrected chi connectivity index (χ3v) is 8.78. The molecule has 3 heterocycles. The van der Waals surface area contributed by atoms with Gasteiger partial charge in [-0.25, -0.2) is 13.4 Å². The summed E-state index contributed by atoms with van der Waals surface area (Å²) in [5.74, 6) is -0.310. The lowest BCUT2D eigenvalue weighted by atomic mass is 9.98. The van der Waals surface area contributed by atoms with Gasteiger partial charge in [0.05, 0.1) is 23.2 Å². The van der Waals surface area contributed by atoms with Crippen molar-refractivity contribution in [3.8, 4) is 0 Å². The van der Waals surface area contributed by atoms with E-state index in [1.54, 1.807) is 40.8 Å². The molecule has 0 aliphatic carbocycles. The smallest absolute Gasteiger partial charge is 0.252 e. The monoisotopic (exact) mass is 413 g/mol. The summed E-state index contributed by atoms with van der Waals surface area (Å²) >= 11 is 2.82. The summed E-state index contributed by atoms with van der Waals surface area (Å²) in [6.45, 7) is 3.24. The maximum atomic E-state index is 12.8. The van der Waals surface area contributed by atoms with Gasteiger partial charge in [-0.15, -0.1) is 22.7 Å². The Labute approximate surface area is 162 Å². The molecule has 0 bridgehead atoms. The van der Waals surface area contributed by atoms with Crippen molar-refractivity contribution < 1.29 is 13.2 Å². The van der Waals surface area contributed by atoms with Gasteiger partial charge in [-0.1, -0.05) is 13.0 Å². The topological polar surface area (TPSA) is 70.6 Å². The molecule has 1 aliphatic rings. The number of aromatic nitrogens is 1. The van der Waals surface area contributed by atoms with Crippen molar-refractivity contribution in [1.29, 1.82) is 0 Å². The van der Waals surface area contributed by atoms with Crippen LogP contribution in [0.3, 0.4) is 0 Å². The second-order valence-electron chi connectivity index (χ2n) is 6.41. The zero-order valence-electron chi connectivity index (χ0n) is 14.9. The fraction of sp³-hybridized carbons (Fsp3) is 0.529. The first-order valence-electron chi connectivity index (χ1n) is 8.63. The molecule has 0 N–H and O–H groups in total. The molecule has 0 aromatic carbocycles. The molecule has 142 valence electrons. The molecule has 1 atom stereocenters. The number of aryl methyl sites for hydroxylation is 1. The van der Waals surface area contributed by atoms with Crippen molar-refractivity contribution in [1.82, 2.24) is 14.2 Å². The van der Waals surface area contributed by atoms with Crippen LogP contribution in [0.15, 0.2) is 27.1 Å². The Morgan fingerprint density at radius 1 is 1.42 bits per heavy atom. The molecule has 3 rings (SSSR count). The van der Waals surface area contributed by atoms with Crippen LogP contribution < -0.4 is 0 Å². The molecule has 0 saturated carbocycles. The summed E-state index contributed by atoms with van der Waals surface area (Å²) in [7, 11) is -1.74. The van der Waals surface area contributed by atoms with Crippen molar-refractivity contribution in [2.45, 2.75) is 36.9 Å². The maximum Gasteiger partial charge on any atom is 0.252 e. The van der Waals surface area contributed by atoms with Crippen LogP contribution in [-0.4, -0.2) is 48.7 Å². The van der Waals surface area contributed by atoms with E-state index in [4.69, 9.17) is 0 Å². The second kappa shape index (κ2) is 8.16. The van der Waals surface area contributed by atoms with Crippen molar-refractivity contribution >= 4 is 38.6 Å². The normalized spacial score (nSPS) is 18.8.